The summed E-state index contributed by atoms with van der Waals surface area (Å²) in [7, 11) is 5.12. The molecule has 2 bridgehead atoms. The van der Waals surface area contributed by atoms with Crippen LogP contribution in [0.2, 0.25) is 0 Å². The first-order valence-electron chi connectivity index (χ1n) is 7.86. The first-order chi connectivity index (χ1) is 11.2. The number of fused-ring (bicyclic) bond motifs is 2. The quantitative estimate of drug-likeness (QED) is 0.615. The lowest BCUT2D eigenvalue weighted by atomic mass is 9.88. The monoisotopic (exact) mass is 317 g/mol. The van der Waals surface area contributed by atoms with Crippen molar-refractivity contribution in [3.05, 3.63) is 41.5 Å². The standard InChI is InChI=1S/C18H23NO4/c1-19-14-9-13(12-7-5-4-6-8-12)17(18(20)22-3)15(19)10-16(14)23-11-21-2/h4-8,14-16H,9-11H2,1-3H3/t14-,15-,16+/m1/s1. The van der Waals surface area contributed by atoms with Gasteiger partial charge in [0.15, 0.2) is 0 Å². The third kappa shape index (κ3) is 2.92. The first-order valence-corrected chi connectivity index (χ1v) is 7.86. The lowest BCUT2D eigenvalue weighted by Gasteiger charge is -2.34. The summed E-state index contributed by atoms with van der Waals surface area (Å²) >= 11 is 0. The average molecular weight is 317 g/mol. The number of hydrogen-bond donors (Lipinski definition) is 0. The Morgan fingerprint density at radius 3 is 2.65 bits per heavy atom. The Labute approximate surface area is 136 Å². The van der Waals surface area contributed by atoms with Gasteiger partial charge >= 0.3 is 5.97 Å². The molecular formula is C18H23NO4. The van der Waals surface area contributed by atoms with Crippen LogP contribution in [0, 0.1) is 0 Å². The second-order valence-corrected chi connectivity index (χ2v) is 6.05. The van der Waals surface area contributed by atoms with Crippen molar-refractivity contribution < 1.29 is 19.0 Å². The Morgan fingerprint density at radius 2 is 2.00 bits per heavy atom. The normalized spacial score (nSPS) is 27.3. The van der Waals surface area contributed by atoms with Crippen LogP contribution in [0.1, 0.15) is 18.4 Å². The van der Waals surface area contributed by atoms with Crippen LogP contribution in [0.4, 0.5) is 0 Å². The molecular weight excluding hydrogens is 294 g/mol. The molecule has 124 valence electrons. The Hall–Kier alpha value is -1.69. The van der Waals surface area contributed by atoms with Crippen molar-refractivity contribution in [1.29, 1.82) is 0 Å². The zero-order valence-corrected chi connectivity index (χ0v) is 13.8. The fourth-order valence-corrected chi connectivity index (χ4v) is 3.77. The van der Waals surface area contributed by atoms with Gasteiger partial charge in [-0.3, -0.25) is 4.90 Å². The minimum absolute atomic E-state index is 0.0262. The van der Waals surface area contributed by atoms with E-state index in [2.05, 4.69) is 11.9 Å². The van der Waals surface area contributed by atoms with Crippen LogP contribution in [0.25, 0.3) is 5.57 Å². The van der Waals surface area contributed by atoms with E-state index in [0.717, 1.165) is 29.6 Å². The Bertz CT molecular complexity index is 598. The average Bonchev–Trinajstić information content (AvgIpc) is 2.79. The van der Waals surface area contributed by atoms with Gasteiger partial charge in [-0.15, -0.1) is 0 Å². The minimum Gasteiger partial charge on any atom is -0.466 e. The van der Waals surface area contributed by atoms with Crippen LogP contribution in [-0.4, -0.2) is 57.1 Å². The van der Waals surface area contributed by atoms with Crippen molar-refractivity contribution in [1.82, 2.24) is 4.90 Å². The van der Waals surface area contributed by atoms with Crippen molar-refractivity contribution in [2.45, 2.75) is 31.0 Å². The SMILES string of the molecule is COCO[C@H]1C[C@@H]2C(C(=O)OC)=C(c3ccccc3)C[C@H]1N2C. The van der Waals surface area contributed by atoms with E-state index >= 15 is 0 Å². The molecule has 0 N–H and O–H groups in total. The summed E-state index contributed by atoms with van der Waals surface area (Å²) in [4.78, 5) is 14.7. The highest BCUT2D eigenvalue weighted by atomic mass is 16.7. The van der Waals surface area contributed by atoms with Gasteiger partial charge in [0.25, 0.3) is 0 Å². The maximum atomic E-state index is 12.4. The molecule has 0 aromatic heterocycles. The predicted octanol–water partition coefficient (Wildman–Crippen LogP) is 2.08. The predicted molar refractivity (Wildman–Crippen MR) is 86.7 cm³/mol. The smallest absolute Gasteiger partial charge is 0.335 e. The summed E-state index contributed by atoms with van der Waals surface area (Å²) in [6.45, 7) is 0.274. The van der Waals surface area contributed by atoms with E-state index in [4.69, 9.17) is 14.2 Å². The van der Waals surface area contributed by atoms with Gasteiger partial charge in [0, 0.05) is 19.2 Å². The van der Waals surface area contributed by atoms with Gasteiger partial charge in [-0.2, -0.15) is 0 Å². The maximum absolute atomic E-state index is 12.4. The van der Waals surface area contributed by atoms with Crippen LogP contribution in [0.5, 0.6) is 0 Å². The zero-order chi connectivity index (χ0) is 16.4. The molecule has 2 aliphatic heterocycles. The third-order valence-electron chi connectivity index (χ3n) is 4.90. The van der Waals surface area contributed by atoms with Crippen LogP contribution >= 0.6 is 0 Å². The molecule has 0 spiro atoms. The van der Waals surface area contributed by atoms with E-state index in [1.54, 1.807) is 7.11 Å². The molecule has 1 saturated heterocycles. The summed E-state index contributed by atoms with van der Waals surface area (Å²) in [5.41, 5.74) is 2.93. The summed E-state index contributed by atoms with van der Waals surface area (Å²) in [5, 5.41) is 0. The number of carbonyl (C=O) groups excluding carboxylic acids is 1. The molecule has 3 atom stereocenters. The van der Waals surface area contributed by atoms with Gasteiger partial charge in [0.05, 0.1) is 18.8 Å². The fraction of sp³-hybridized carbons (Fsp3) is 0.500. The number of nitrogens with zero attached hydrogens (tertiary/aromatic N) is 1. The highest BCUT2D eigenvalue weighted by Crippen LogP contribution is 2.43. The Kier molecular flexibility index (Phi) is 4.80. The second-order valence-electron chi connectivity index (χ2n) is 6.05. The van der Waals surface area contributed by atoms with Crippen LogP contribution in [-0.2, 0) is 19.0 Å². The van der Waals surface area contributed by atoms with Crippen molar-refractivity contribution >= 4 is 11.5 Å². The van der Waals surface area contributed by atoms with Crippen molar-refractivity contribution in [3.8, 4) is 0 Å². The number of benzene rings is 1. The Morgan fingerprint density at radius 1 is 1.26 bits per heavy atom. The summed E-state index contributed by atoms with van der Waals surface area (Å²) in [5.74, 6) is -0.244. The van der Waals surface area contributed by atoms with Gasteiger partial charge in [-0.05, 0) is 31.0 Å². The van der Waals surface area contributed by atoms with E-state index in [-0.39, 0.29) is 30.9 Å². The first kappa shape index (κ1) is 16.2. The molecule has 0 amide bonds. The number of carbonyl (C=O) groups is 1. The van der Waals surface area contributed by atoms with Crippen LogP contribution in [0.3, 0.4) is 0 Å². The molecule has 0 saturated carbocycles. The van der Waals surface area contributed by atoms with Gasteiger partial charge in [-0.1, -0.05) is 30.3 Å². The third-order valence-corrected chi connectivity index (χ3v) is 4.90. The maximum Gasteiger partial charge on any atom is 0.335 e. The molecule has 1 fully saturated rings. The highest BCUT2D eigenvalue weighted by molar-refractivity contribution is 5.99. The number of esters is 1. The van der Waals surface area contributed by atoms with Gasteiger partial charge in [0.2, 0.25) is 0 Å². The van der Waals surface area contributed by atoms with E-state index in [0.29, 0.717) is 0 Å². The van der Waals surface area contributed by atoms with Crippen LogP contribution < -0.4 is 0 Å². The molecule has 23 heavy (non-hydrogen) atoms. The van der Waals surface area contributed by atoms with E-state index < -0.39 is 0 Å². The Balaban J connectivity index is 1.98. The van der Waals surface area contributed by atoms with E-state index in [1.165, 1.54) is 7.11 Å². The lowest BCUT2D eigenvalue weighted by molar-refractivity contribution is -0.136. The number of rotatable bonds is 5. The minimum atomic E-state index is -0.244. The molecule has 0 aliphatic carbocycles. The number of ether oxygens (including phenoxy) is 3. The topological polar surface area (TPSA) is 48.0 Å². The lowest BCUT2D eigenvalue weighted by Crippen LogP contribution is -2.42. The number of likely N-dealkylation sites (N-methyl/N-ethyl adjacent to an activating group) is 1. The molecule has 0 radical (unpaired) electrons. The molecule has 5 heteroatoms. The molecule has 2 heterocycles. The van der Waals surface area contributed by atoms with E-state index in [1.807, 2.05) is 30.3 Å². The molecule has 5 nitrogen and oxygen atoms in total. The largest absolute Gasteiger partial charge is 0.466 e. The molecule has 3 rings (SSSR count). The summed E-state index contributed by atoms with van der Waals surface area (Å²) < 4.78 is 16.0. The zero-order valence-electron chi connectivity index (χ0n) is 13.8. The highest BCUT2D eigenvalue weighted by Gasteiger charge is 2.48. The fourth-order valence-electron chi connectivity index (χ4n) is 3.77. The van der Waals surface area contributed by atoms with Crippen molar-refractivity contribution in [3.63, 3.8) is 0 Å². The van der Waals surface area contributed by atoms with E-state index in [9.17, 15) is 4.79 Å². The summed E-state index contributed by atoms with van der Waals surface area (Å²) in [6.07, 6.45) is 1.62. The molecule has 2 aliphatic rings. The molecule has 0 unspecified atom stereocenters. The summed E-state index contributed by atoms with van der Waals surface area (Å²) in [6, 6.07) is 10.3. The molecule has 1 aromatic carbocycles. The number of methoxy groups -OCH3 is 2. The number of hydrogen-bond acceptors (Lipinski definition) is 5. The molecule has 1 aromatic rings. The van der Waals surface area contributed by atoms with Crippen molar-refractivity contribution in [2.24, 2.45) is 0 Å². The van der Waals surface area contributed by atoms with Gasteiger partial charge in [0.1, 0.15) is 6.79 Å². The van der Waals surface area contributed by atoms with Crippen LogP contribution in [0.15, 0.2) is 35.9 Å². The van der Waals surface area contributed by atoms with Crippen molar-refractivity contribution in [2.75, 3.05) is 28.1 Å². The van der Waals surface area contributed by atoms with Gasteiger partial charge in [-0.25, -0.2) is 4.79 Å². The second kappa shape index (κ2) is 6.83. The van der Waals surface area contributed by atoms with Gasteiger partial charge < -0.3 is 14.2 Å².